The summed E-state index contributed by atoms with van der Waals surface area (Å²) in [4.78, 5) is 15.6. The summed E-state index contributed by atoms with van der Waals surface area (Å²) in [6, 6.07) is -0.391. The van der Waals surface area contributed by atoms with Gasteiger partial charge >= 0.3 is 0 Å². The number of carbonyl (C=O) groups excluding carboxylic acids is 1. The quantitative estimate of drug-likeness (QED) is 0.764. The van der Waals surface area contributed by atoms with Gasteiger partial charge in [0.05, 0.1) is 12.0 Å². The average Bonchev–Trinajstić information content (AvgIpc) is 2.65. The Hall–Kier alpha value is -1.36. The van der Waals surface area contributed by atoms with Crippen molar-refractivity contribution in [1.82, 2.24) is 14.9 Å². The molecule has 1 rings (SSSR count). The normalized spacial score (nSPS) is 14.7. The van der Waals surface area contributed by atoms with Gasteiger partial charge in [0.25, 0.3) is 0 Å². The molecule has 1 unspecified atom stereocenters. The fourth-order valence-electron chi connectivity index (χ4n) is 1.44. The Labute approximate surface area is 89.7 Å². The molecule has 0 aliphatic rings. The molecule has 0 aliphatic carbocycles. The predicted molar refractivity (Wildman–Crippen MR) is 58.2 cm³/mol. The van der Waals surface area contributed by atoms with Gasteiger partial charge in [0, 0.05) is 18.8 Å². The largest absolute Gasteiger partial charge is 0.355 e. The van der Waals surface area contributed by atoms with Crippen LogP contribution in [0.5, 0.6) is 0 Å². The zero-order valence-electron chi connectivity index (χ0n) is 9.40. The van der Waals surface area contributed by atoms with Crippen LogP contribution in [-0.2, 0) is 4.79 Å². The molecule has 1 heterocycles. The highest BCUT2D eigenvalue weighted by Crippen LogP contribution is 2.15. The smallest absolute Gasteiger partial charge is 0.242 e. The summed E-state index contributed by atoms with van der Waals surface area (Å²) in [5, 5.41) is 2.77. The summed E-state index contributed by atoms with van der Waals surface area (Å²) in [6.07, 6.45) is 3.33. The maximum Gasteiger partial charge on any atom is 0.242 e. The number of imidazole rings is 1. The van der Waals surface area contributed by atoms with E-state index in [0.29, 0.717) is 6.54 Å². The van der Waals surface area contributed by atoms with Crippen LogP contribution >= 0.6 is 0 Å². The number of carbonyl (C=O) groups is 1. The monoisotopic (exact) mass is 210 g/mol. The molecule has 0 aliphatic heterocycles. The minimum Gasteiger partial charge on any atom is -0.355 e. The molecule has 0 radical (unpaired) electrons. The van der Waals surface area contributed by atoms with Crippen molar-refractivity contribution in [1.29, 1.82) is 0 Å². The van der Waals surface area contributed by atoms with E-state index in [1.165, 1.54) is 0 Å². The number of hydrogen-bond donors (Lipinski definition) is 2. The molecular weight excluding hydrogens is 192 g/mol. The fourth-order valence-corrected chi connectivity index (χ4v) is 1.44. The lowest BCUT2D eigenvalue weighted by atomic mass is 10.2. The number of amides is 1. The lowest BCUT2D eigenvalue weighted by Crippen LogP contribution is -2.31. The minimum absolute atomic E-state index is 0.0163. The highest BCUT2D eigenvalue weighted by atomic mass is 16.2. The summed E-state index contributed by atoms with van der Waals surface area (Å²) in [7, 11) is 0. The molecule has 84 valence electrons. The van der Waals surface area contributed by atoms with Crippen molar-refractivity contribution in [3.05, 3.63) is 18.2 Å². The van der Waals surface area contributed by atoms with E-state index in [9.17, 15) is 4.79 Å². The third-order valence-corrected chi connectivity index (χ3v) is 2.31. The lowest BCUT2D eigenvalue weighted by Gasteiger charge is -2.17. The number of nitrogens with zero attached hydrogens (tertiary/aromatic N) is 2. The first kappa shape index (κ1) is 11.7. The van der Waals surface area contributed by atoms with Gasteiger partial charge in [-0.25, -0.2) is 4.98 Å². The Balaban J connectivity index is 2.85. The summed E-state index contributed by atoms with van der Waals surface area (Å²) >= 11 is 0. The minimum atomic E-state index is -0.270. The Morgan fingerprint density at radius 2 is 2.33 bits per heavy atom. The second kappa shape index (κ2) is 4.93. The molecular formula is C10H18N4O. The predicted octanol–water partition coefficient (Wildman–Crippen LogP) is 0.600. The van der Waals surface area contributed by atoms with E-state index < -0.39 is 0 Å². The molecule has 1 aromatic rings. The van der Waals surface area contributed by atoms with E-state index in [0.717, 1.165) is 5.69 Å². The number of aromatic nitrogens is 2. The van der Waals surface area contributed by atoms with Gasteiger partial charge in [0.2, 0.25) is 5.91 Å². The molecule has 0 saturated carbocycles. The molecule has 0 aromatic carbocycles. The first-order valence-electron chi connectivity index (χ1n) is 5.13. The zero-order valence-corrected chi connectivity index (χ0v) is 9.40. The molecule has 5 nitrogen and oxygen atoms in total. The molecule has 0 fully saturated rings. The zero-order chi connectivity index (χ0) is 11.4. The second-order valence-electron chi connectivity index (χ2n) is 3.59. The van der Waals surface area contributed by atoms with E-state index in [-0.39, 0.29) is 18.0 Å². The number of nitrogens with two attached hydrogens (primary N) is 1. The summed E-state index contributed by atoms with van der Waals surface area (Å²) in [5.41, 5.74) is 6.65. The molecule has 1 amide bonds. The van der Waals surface area contributed by atoms with Gasteiger partial charge in [0.1, 0.15) is 6.04 Å². The van der Waals surface area contributed by atoms with Crippen molar-refractivity contribution in [2.75, 3.05) is 6.54 Å². The van der Waals surface area contributed by atoms with Crippen molar-refractivity contribution >= 4 is 5.91 Å². The van der Waals surface area contributed by atoms with Crippen LogP contribution in [0.15, 0.2) is 12.5 Å². The van der Waals surface area contributed by atoms with Gasteiger partial charge in [-0.2, -0.15) is 0 Å². The van der Waals surface area contributed by atoms with Gasteiger partial charge in [-0.3, -0.25) is 4.79 Å². The Morgan fingerprint density at radius 3 is 2.87 bits per heavy atom. The first-order valence-corrected chi connectivity index (χ1v) is 5.13. The van der Waals surface area contributed by atoms with E-state index in [1.54, 1.807) is 17.1 Å². The van der Waals surface area contributed by atoms with Crippen LogP contribution in [0, 0.1) is 0 Å². The van der Waals surface area contributed by atoms with Gasteiger partial charge in [-0.15, -0.1) is 0 Å². The van der Waals surface area contributed by atoms with Crippen molar-refractivity contribution in [2.45, 2.75) is 32.9 Å². The van der Waals surface area contributed by atoms with Gasteiger partial charge in [0.15, 0.2) is 0 Å². The number of rotatable bonds is 4. The average molecular weight is 210 g/mol. The van der Waals surface area contributed by atoms with Crippen LogP contribution in [0.3, 0.4) is 0 Å². The van der Waals surface area contributed by atoms with Gasteiger partial charge in [-0.1, -0.05) is 0 Å². The summed E-state index contributed by atoms with van der Waals surface area (Å²) in [5.74, 6) is -0.0163. The molecule has 0 saturated heterocycles. The van der Waals surface area contributed by atoms with Crippen molar-refractivity contribution < 1.29 is 4.79 Å². The Kier molecular flexibility index (Phi) is 3.85. The first-order chi connectivity index (χ1) is 7.07. The second-order valence-corrected chi connectivity index (χ2v) is 3.59. The molecule has 2 atom stereocenters. The highest BCUT2D eigenvalue weighted by molar-refractivity contribution is 5.79. The van der Waals surface area contributed by atoms with Crippen LogP contribution in [0.25, 0.3) is 0 Å². The topological polar surface area (TPSA) is 72.9 Å². The Morgan fingerprint density at radius 1 is 1.67 bits per heavy atom. The van der Waals surface area contributed by atoms with Crippen molar-refractivity contribution in [3.63, 3.8) is 0 Å². The standard InChI is InChI=1S/C10H18N4O/c1-4-13-10(15)8(3)14-6-12-5-9(14)7(2)11/h5-8H,4,11H2,1-3H3,(H,13,15)/t7-,8?/m0/s1. The van der Waals surface area contributed by atoms with E-state index in [2.05, 4.69) is 10.3 Å². The van der Waals surface area contributed by atoms with Gasteiger partial charge in [-0.05, 0) is 20.8 Å². The Bertz CT molecular complexity index is 332. The maximum atomic E-state index is 11.6. The van der Waals surface area contributed by atoms with Gasteiger partial charge < -0.3 is 15.6 Å². The van der Waals surface area contributed by atoms with Crippen LogP contribution < -0.4 is 11.1 Å². The number of hydrogen-bond acceptors (Lipinski definition) is 3. The number of likely N-dealkylation sites (N-methyl/N-ethyl adjacent to an activating group) is 1. The molecule has 0 spiro atoms. The van der Waals surface area contributed by atoms with Crippen molar-refractivity contribution in [3.8, 4) is 0 Å². The van der Waals surface area contributed by atoms with Crippen LogP contribution in [0.1, 0.15) is 38.5 Å². The van der Waals surface area contributed by atoms with Crippen molar-refractivity contribution in [2.24, 2.45) is 5.73 Å². The SMILES string of the molecule is CCNC(=O)C(C)n1cncc1[C@H](C)N. The third kappa shape index (κ3) is 2.56. The summed E-state index contributed by atoms with van der Waals surface area (Å²) in [6.45, 7) is 6.23. The van der Waals surface area contributed by atoms with Crippen LogP contribution in [0.2, 0.25) is 0 Å². The van der Waals surface area contributed by atoms with E-state index in [4.69, 9.17) is 5.73 Å². The third-order valence-electron chi connectivity index (χ3n) is 2.31. The highest BCUT2D eigenvalue weighted by Gasteiger charge is 2.17. The maximum absolute atomic E-state index is 11.6. The fraction of sp³-hybridized carbons (Fsp3) is 0.600. The molecule has 15 heavy (non-hydrogen) atoms. The number of nitrogens with one attached hydrogen (secondary N) is 1. The van der Waals surface area contributed by atoms with Crippen LogP contribution in [0.4, 0.5) is 0 Å². The summed E-state index contributed by atoms with van der Waals surface area (Å²) < 4.78 is 1.80. The van der Waals surface area contributed by atoms with E-state index >= 15 is 0 Å². The molecule has 5 heteroatoms. The van der Waals surface area contributed by atoms with E-state index in [1.807, 2.05) is 20.8 Å². The lowest BCUT2D eigenvalue weighted by molar-refractivity contribution is -0.123. The molecule has 3 N–H and O–H groups in total. The van der Waals surface area contributed by atoms with Crippen LogP contribution in [-0.4, -0.2) is 22.0 Å². The molecule has 0 bridgehead atoms. The molecule has 1 aromatic heterocycles.